The molecule has 1 heterocycles. The van der Waals surface area contributed by atoms with Crippen molar-refractivity contribution in [2.24, 2.45) is 0 Å². The Morgan fingerprint density at radius 2 is 1.71 bits per heavy atom. The van der Waals surface area contributed by atoms with Gasteiger partial charge in [-0.25, -0.2) is 0 Å². The van der Waals surface area contributed by atoms with Crippen LogP contribution in [0.15, 0.2) is 42.5 Å². The Balaban J connectivity index is 1.70. The molecule has 31 heavy (non-hydrogen) atoms. The van der Waals surface area contributed by atoms with Crippen molar-refractivity contribution in [3.05, 3.63) is 74.5 Å². The standard InChI is InChI=1S/C27H32O3S/c1-5-25-23(22-10-7-18(2)8-11-22)17-26(31-25)24(29)12-9-21-15-19(3)27(20(4)16-21)30-14-6-13-28/h7-8,10-11,15-17,28H,5-6,9,12-14H2,1-4H3. The van der Waals surface area contributed by atoms with E-state index in [0.717, 1.165) is 40.2 Å². The van der Waals surface area contributed by atoms with Crippen LogP contribution in [0.3, 0.4) is 0 Å². The Morgan fingerprint density at radius 1 is 1.03 bits per heavy atom. The summed E-state index contributed by atoms with van der Waals surface area (Å²) in [6.45, 7) is 8.95. The van der Waals surface area contributed by atoms with E-state index in [0.29, 0.717) is 19.4 Å². The summed E-state index contributed by atoms with van der Waals surface area (Å²) in [5, 5.41) is 8.94. The van der Waals surface area contributed by atoms with E-state index in [1.54, 1.807) is 11.3 Å². The molecule has 3 aromatic rings. The highest BCUT2D eigenvalue weighted by Crippen LogP contribution is 2.33. The number of aliphatic hydroxyl groups excluding tert-OH is 1. The molecular formula is C27H32O3S. The monoisotopic (exact) mass is 436 g/mol. The average molecular weight is 437 g/mol. The first-order valence-corrected chi connectivity index (χ1v) is 11.8. The van der Waals surface area contributed by atoms with E-state index in [2.05, 4.69) is 56.3 Å². The third-order valence-electron chi connectivity index (χ3n) is 5.48. The molecule has 3 rings (SSSR count). The number of rotatable bonds is 10. The number of hydrogen-bond acceptors (Lipinski definition) is 4. The lowest BCUT2D eigenvalue weighted by molar-refractivity contribution is 0.0986. The van der Waals surface area contributed by atoms with Gasteiger partial charge in [-0.3, -0.25) is 4.79 Å². The summed E-state index contributed by atoms with van der Waals surface area (Å²) in [6.07, 6.45) is 2.77. The van der Waals surface area contributed by atoms with Crippen LogP contribution >= 0.6 is 11.3 Å². The van der Waals surface area contributed by atoms with E-state index in [9.17, 15) is 4.79 Å². The summed E-state index contributed by atoms with van der Waals surface area (Å²) >= 11 is 1.63. The maximum atomic E-state index is 13.0. The lowest BCUT2D eigenvalue weighted by Gasteiger charge is -2.13. The molecule has 0 spiro atoms. The van der Waals surface area contributed by atoms with Gasteiger partial charge in [0.25, 0.3) is 0 Å². The zero-order valence-corrected chi connectivity index (χ0v) is 19.8. The van der Waals surface area contributed by atoms with E-state index < -0.39 is 0 Å². The second-order valence-electron chi connectivity index (χ2n) is 8.07. The Morgan fingerprint density at radius 3 is 2.32 bits per heavy atom. The third-order valence-corrected chi connectivity index (χ3v) is 6.80. The zero-order chi connectivity index (χ0) is 22.4. The summed E-state index contributed by atoms with van der Waals surface area (Å²) in [7, 11) is 0. The molecule has 0 fully saturated rings. The molecule has 164 valence electrons. The van der Waals surface area contributed by atoms with Crippen LogP contribution in [0.25, 0.3) is 11.1 Å². The zero-order valence-electron chi connectivity index (χ0n) is 19.0. The fourth-order valence-corrected chi connectivity index (χ4v) is 4.93. The van der Waals surface area contributed by atoms with E-state index in [-0.39, 0.29) is 12.4 Å². The van der Waals surface area contributed by atoms with Crippen molar-refractivity contribution in [3.63, 3.8) is 0 Å². The minimum Gasteiger partial charge on any atom is -0.493 e. The highest BCUT2D eigenvalue weighted by molar-refractivity contribution is 7.14. The molecule has 0 aliphatic carbocycles. The number of benzene rings is 2. The molecule has 0 aliphatic heterocycles. The van der Waals surface area contributed by atoms with Gasteiger partial charge in [0.1, 0.15) is 5.75 Å². The van der Waals surface area contributed by atoms with Gasteiger partial charge in [-0.1, -0.05) is 48.9 Å². The predicted molar refractivity (Wildman–Crippen MR) is 130 cm³/mol. The molecule has 1 N–H and O–H groups in total. The van der Waals surface area contributed by atoms with Crippen molar-refractivity contribution in [3.8, 4) is 16.9 Å². The van der Waals surface area contributed by atoms with E-state index >= 15 is 0 Å². The topological polar surface area (TPSA) is 46.5 Å². The summed E-state index contributed by atoms with van der Waals surface area (Å²) < 4.78 is 5.81. The smallest absolute Gasteiger partial charge is 0.173 e. The number of thiophene rings is 1. The van der Waals surface area contributed by atoms with E-state index in [4.69, 9.17) is 9.84 Å². The molecule has 2 aromatic carbocycles. The van der Waals surface area contributed by atoms with Gasteiger partial charge in [-0.2, -0.15) is 0 Å². The Kier molecular flexibility index (Phi) is 8.05. The first kappa shape index (κ1) is 23.2. The largest absolute Gasteiger partial charge is 0.493 e. The highest BCUT2D eigenvalue weighted by atomic mass is 32.1. The van der Waals surface area contributed by atoms with Crippen LogP contribution in [-0.2, 0) is 12.8 Å². The molecule has 0 saturated carbocycles. The molecule has 0 bridgehead atoms. The second-order valence-corrected chi connectivity index (χ2v) is 9.21. The van der Waals surface area contributed by atoms with Crippen LogP contribution in [0, 0.1) is 20.8 Å². The number of aliphatic hydroxyl groups is 1. The van der Waals surface area contributed by atoms with Crippen molar-refractivity contribution in [2.45, 2.75) is 53.4 Å². The van der Waals surface area contributed by atoms with Gasteiger partial charge in [0.05, 0.1) is 11.5 Å². The molecule has 0 unspecified atom stereocenters. The summed E-state index contributed by atoms with van der Waals surface area (Å²) in [5.41, 5.74) is 6.92. The van der Waals surface area contributed by atoms with Gasteiger partial charge < -0.3 is 9.84 Å². The number of carbonyl (C=O) groups excluding carboxylic acids is 1. The van der Waals surface area contributed by atoms with Crippen LogP contribution < -0.4 is 4.74 Å². The van der Waals surface area contributed by atoms with Gasteiger partial charge in [0, 0.05) is 24.3 Å². The lowest BCUT2D eigenvalue weighted by atomic mass is 10.00. The fourth-order valence-electron chi connectivity index (χ4n) is 3.84. The molecule has 0 saturated heterocycles. The van der Waals surface area contributed by atoms with Crippen LogP contribution in [0.1, 0.15) is 56.6 Å². The van der Waals surface area contributed by atoms with Crippen LogP contribution in [0.5, 0.6) is 5.75 Å². The molecule has 1 aromatic heterocycles. The number of hydrogen-bond donors (Lipinski definition) is 1. The number of carbonyl (C=O) groups is 1. The van der Waals surface area contributed by atoms with Crippen molar-refractivity contribution < 1.29 is 14.6 Å². The molecular weight excluding hydrogens is 404 g/mol. The maximum Gasteiger partial charge on any atom is 0.173 e. The van der Waals surface area contributed by atoms with Gasteiger partial charge in [0.2, 0.25) is 0 Å². The third kappa shape index (κ3) is 5.84. The van der Waals surface area contributed by atoms with Crippen molar-refractivity contribution in [1.29, 1.82) is 0 Å². The average Bonchev–Trinajstić information content (AvgIpc) is 3.19. The first-order chi connectivity index (χ1) is 14.9. The van der Waals surface area contributed by atoms with Gasteiger partial charge in [-0.15, -0.1) is 11.3 Å². The highest BCUT2D eigenvalue weighted by Gasteiger charge is 2.16. The van der Waals surface area contributed by atoms with Gasteiger partial charge in [-0.05, 0) is 67.5 Å². The molecule has 0 radical (unpaired) electrons. The van der Waals surface area contributed by atoms with E-state index in [1.807, 2.05) is 13.8 Å². The van der Waals surface area contributed by atoms with Gasteiger partial charge >= 0.3 is 0 Å². The van der Waals surface area contributed by atoms with Crippen molar-refractivity contribution in [2.75, 3.05) is 13.2 Å². The second kappa shape index (κ2) is 10.7. The number of ketones is 1. The minimum atomic E-state index is 0.131. The summed E-state index contributed by atoms with van der Waals surface area (Å²) in [4.78, 5) is 15.1. The number of aryl methyl sites for hydroxylation is 5. The summed E-state index contributed by atoms with van der Waals surface area (Å²) in [6, 6.07) is 14.8. The molecule has 0 atom stereocenters. The Labute approximate surface area is 189 Å². The molecule has 4 heteroatoms. The van der Waals surface area contributed by atoms with Crippen molar-refractivity contribution in [1.82, 2.24) is 0 Å². The quantitative estimate of drug-likeness (QED) is 0.292. The molecule has 0 aliphatic rings. The van der Waals surface area contributed by atoms with Crippen molar-refractivity contribution >= 4 is 17.1 Å². The lowest BCUT2D eigenvalue weighted by Crippen LogP contribution is -2.04. The van der Waals surface area contributed by atoms with E-state index in [1.165, 1.54) is 21.6 Å². The fraction of sp³-hybridized carbons (Fsp3) is 0.370. The van der Waals surface area contributed by atoms with Gasteiger partial charge in [0.15, 0.2) is 5.78 Å². The van der Waals surface area contributed by atoms with Crippen LogP contribution in [0.4, 0.5) is 0 Å². The number of Topliss-reactive ketones (excluding diaryl/α,β-unsaturated/α-hetero) is 1. The maximum absolute atomic E-state index is 13.0. The minimum absolute atomic E-state index is 0.131. The predicted octanol–water partition coefficient (Wildman–Crippen LogP) is 6.48. The molecule has 0 amide bonds. The normalized spacial score (nSPS) is 11.0. The number of ether oxygens (including phenoxy) is 1. The summed E-state index contributed by atoms with van der Waals surface area (Å²) in [5.74, 6) is 1.09. The first-order valence-electron chi connectivity index (χ1n) is 11.0. The Bertz CT molecular complexity index is 1010. The van der Waals surface area contributed by atoms with Crippen LogP contribution in [-0.4, -0.2) is 24.1 Å². The molecule has 3 nitrogen and oxygen atoms in total. The Hall–Kier alpha value is -2.43. The van der Waals surface area contributed by atoms with Crippen LogP contribution in [0.2, 0.25) is 0 Å². The SMILES string of the molecule is CCc1sc(C(=O)CCc2cc(C)c(OCCCO)c(C)c2)cc1-c1ccc(C)cc1.